The third kappa shape index (κ3) is 2.60. The first-order valence-corrected chi connectivity index (χ1v) is 7.04. The average molecular weight is 319 g/mol. The molecule has 0 unspecified atom stereocenters. The highest BCUT2D eigenvalue weighted by molar-refractivity contribution is 5.96. The molecule has 0 spiro atoms. The molecule has 0 saturated heterocycles. The molecule has 2 aromatic rings. The standard InChI is InChI=1S/C17H15F2NO3/c1-22-9-6-13-16(14(7-9)23-2)11(8-15(21)20-13)10-4-3-5-12(18)17(10)19/h3-7,11H,8H2,1-2H3,(H,20,21)/t11-/m1/s1. The maximum absolute atomic E-state index is 14.2. The molecule has 0 saturated carbocycles. The second kappa shape index (κ2) is 5.87. The lowest BCUT2D eigenvalue weighted by atomic mass is 9.83. The predicted octanol–water partition coefficient (Wildman–Crippen LogP) is 3.46. The average Bonchev–Trinajstić information content (AvgIpc) is 2.55. The number of fused-ring (bicyclic) bond motifs is 1. The van der Waals surface area contributed by atoms with Crippen LogP contribution >= 0.6 is 0 Å². The molecule has 1 aliphatic rings. The van der Waals surface area contributed by atoms with Gasteiger partial charge in [0.15, 0.2) is 11.6 Å². The van der Waals surface area contributed by atoms with Crippen molar-refractivity contribution in [1.82, 2.24) is 0 Å². The number of halogens is 2. The minimum absolute atomic E-state index is 0.00998. The zero-order valence-electron chi connectivity index (χ0n) is 12.7. The minimum Gasteiger partial charge on any atom is -0.497 e. The van der Waals surface area contributed by atoms with Gasteiger partial charge in [-0.3, -0.25) is 4.79 Å². The van der Waals surface area contributed by atoms with Crippen LogP contribution < -0.4 is 14.8 Å². The smallest absolute Gasteiger partial charge is 0.225 e. The van der Waals surface area contributed by atoms with Crippen molar-refractivity contribution in [2.45, 2.75) is 12.3 Å². The number of anilines is 1. The lowest BCUT2D eigenvalue weighted by Crippen LogP contribution is -2.25. The highest BCUT2D eigenvalue weighted by atomic mass is 19.2. The molecule has 23 heavy (non-hydrogen) atoms. The number of hydrogen-bond donors (Lipinski definition) is 1. The number of carbonyl (C=O) groups excluding carboxylic acids is 1. The highest BCUT2D eigenvalue weighted by Crippen LogP contribution is 2.45. The van der Waals surface area contributed by atoms with E-state index < -0.39 is 17.6 Å². The van der Waals surface area contributed by atoms with Crippen molar-refractivity contribution in [3.05, 3.63) is 53.1 Å². The molecule has 6 heteroatoms. The first-order chi connectivity index (χ1) is 11.0. The normalized spacial score (nSPS) is 16.5. The number of nitrogens with one attached hydrogen (secondary N) is 1. The van der Waals surface area contributed by atoms with Crippen molar-refractivity contribution in [2.75, 3.05) is 19.5 Å². The van der Waals surface area contributed by atoms with Crippen LogP contribution in [0.5, 0.6) is 11.5 Å². The fraction of sp³-hybridized carbons (Fsp3) is 0.235. The number of ether oxygens (including phenoxy) is 2. The van der Waals surface area contributed by atoms with Gasteiger partial charge in [-0.2, -0.15) is 0 Å². The quantitative estimate of drug-likeness (QED) is 0.942. The molecular weight excluding hydrogens is 304 g/mol. The molecule has 0 radical (unpaired) electrons. The van der Waals surface area contributed by atoms with Crippen LogP contribution in [0, 0.1) is 11.6 Å². The minimum atomic E-state index is -0.948. The van der Waals surface area contributed by atoms with Crippen LogP contribution in [-0.2, 0) is 4.79 Å². The van der Waals surface area contributed by atoms with E-state index in [1.165, 1.54) is 26.4 Å². The van der Waals surface area contributed by atoms with Crippen molar-refractivity contribution in [3.63, 3.8) is 0 Å². The lowest BCUT2D eigenvalue weighted by molar-refractivity contribution is -0.116. The van der Waals surface area contributed by atoms with Crippen LogP contribution in [0.15, 0.2) is 30.3 Å². The van der Waals surface area contributed by atoms with Crippen LogP contribution in [0.2, 0.25) is 0 Å². The molecule has 0 bridgehead atoms. The Hall–Kier alpha value is -2.63. The van der Waals surface area contributed by atoms with Crippen molar-refractivity contribution in [1.29, 1.82) is 0 Å². The van der Waals surface area contributed by atoms with Gasteiger partial charge in [0.2, 0.25) is 5.91 Å². The number of benzene rings is 2. The summed E-state index contributed by atoms with van der Waals surface area (Å²) < 4.78 is 38.3. The van der Waals surface area contributed by atoms with Gasteiger partial charge in [-0.25, -0.2) is 8.78 Å². The summed E-state index contributed by atoms with van der Waals surface area (Å²) >= 11 is 0. The Morgan fingerprint density at radius 3 is 2.65 bits per heavy atom. The Balaban J connectivity index is 2.22. The molecule has 0 aliphatic carbocycles. The van der Waals surface area contributed by atoms with Gasteiger partial charge < -0.3 is 14.8 Å². The molecule has 3 rings (SSSR count). The maximum atomic E-state index is 14.2. The van der Waals surface area contributed by atoms with Crippen LogP contribution in [0.4, 0.5) is 14.5 Å². The molecule has 1 aliphatic heterocycles. The molecule has 0 fully saturated rings. The summed E-state index contributed by atoms with van der Waals surface area (Å²) in [5.74, 6) is -1.84. The van der Waals surface area contributed by atoms with Gasteiger partial charge in [0.1, 0.15) is 11.5 Å². The van der Waals surface area contributed by atoms with E-state index in [1.807, 2.05) is 0 Å². The van der Waals surface area contributed by atoms with Crippen LogP contribution in [0.3, 0.4) is 0 Å². The zero-order chi connectivity index (χ0) is 16.6. The van der Waals surface area contributed by atoms with E-state index in [-0.39, 0.29) is 17.9 Å². The Labute approximate surface area is 132 Å². The second-order valence-corrected chi connectivity index (χ2v) is 5.24. The fourth-order valence-corrected chi connectivity index (χ4v) is 2.89. The van der Waals surface area contributed by atoms with Crippen LogP contribution in [-0.4, -0.2) is 20.1 Å². The maximum Gasteiger partial charge on any atom is 0.225 e. The van der Waals surface area contributed by atoms with Crippen LogP contribution in [0.25, 0.3) is 0 Å². The van der Waals surface area contributed by atoms with Gasteiger partial charge in [0.25, 0.3) is 0 Å². The van der Waals surface area contributed by atoms with E-state index in [4.69, 9.17) is 9.47 Å². The predicted molar refractivity (Wildman–Crippen MR) is 81.0 cm³/mol. The summed E-state index contributed by atoms with van der Waals surface area (Å²) in [6, 6.07) is 7.25. The molecule has 2 aromatic carbocycles. The highest BCUT2D eigenvalue weighted by Gasteiger charge is 2.32. The van der Waals surface area contributed by atoms with Crippen molar-refractivity contribution >= 4 is 11.6 Å². The summed E-state index contributed by atoms with van der Waals surface area (Å²) in [4.78, 5) is 12.0. The number of hydrogen-bond acceptors (Lipinski definition) is 3. The van der Waals surface area contributed by atoms with Gasteiger partial charge >= 0.3 is 0 Å². The second-order valence-electron chi connectivity index (χ2n) is 5.24. The first kappa shape index (κ1) is 15.3. The van der Waals surface area contributed by atoms with E-state index in [9.17, 15) is 13.6 Å². The number of methoxy groups -OCH3 is 2. The Morgan fingerprint density at radius 2 is 1.96 bits per heavy atom. The summed E-state index contributed by atoms with van der Waals surface area (Å²) in [7, 11) is 2.97. The zero-order valence-corrected chi connectivity index (χ0v) is 12.7. The Bertz CT molecular complexity index is 777. The molecule has 4 nitrogen and oxygen atoms in total. The molecule has 1 atom stereocenters. The van der Waals surface area contributed by atoms with Crippen molar-refractivity contribution in [2.24, 2.45) is 0 Å². The van der Waals surface area contributed by atoms with Crippen molar-refractivity contribution < 1.29 is 23.0 Å². The van der Waals surface area contributed by atoms with Crippen molar-refractivity contribution in [3.8, 4) is 11.5 Å². The summed E-state index contributed by atoms with van der Waals surface area (Å²) in [5, 5.41) is 2.73. The van der Waals surface area contributed by atoms with Gasteiger partial charge in [-0.1, -0.05) is 12.1 Å². The molecule has 1 amide bonds. The third-order valence-electron chi connectivity index (χ3n) is 3.94. The van der Waals surface area contributed by atoms with Gasteiger partial charge in [0.05, 0.1) is 19.9 Å². The third-order valence-corrected chi connectivity index (χ3v) is 3.94. The molecule has 0 aromatic heterocycles. The molecular formula is C17H15F2NO3. The number of amides is 1. The lowest BCUT2D eigenvalue weighted by Gasteiger charge is -2.28. The fourth-order valence-electron chi connectivity index (χ4n) is 2.89. The largest absolute Gasteiger partial charge is 0.497 e. The van der Waals surface area contributed by atoms with Gasteiger partial charge in [0, 0.05) is 30.0 Å². The van der Waals surface area contributed by atoms with E-state index >= 15 is 0 Å². The summed E-state index contributed by atoms with van der Waals surface area (Å²) in [6.45, 7) is 0. The van der Waals surface area contributed by atoms with E-state index in [2.05, 4.69) is 5.32 Å². The number of rotatable bonds is 3. The van der Waals surface area contributed by atoms with E-state index in [0.717, 1.165) is 6.07 Å². The van der Waals surface area contributed by atoms with Crippen LogP contribution in [0.1, 0.15) is 23.5 Å². The Kier molecular flexibility index (Phi) is 3.90. The van der Waals surface area contributed by atoms with E-state index in [1.54, 1.807) is 12.1 Å². The molecule has 1 heterocycles. The van der Waals surface area contributed by atoms with E-state index in [0.29, 0.717) is 22.7 Å². The number of carbonyl (C=O) groups is 1. The monoisotopic (exact) mass is 319 g/mol. The first-order valence-electron chi connectivity index (χ1n) is 7.04. The Morgan fingerprint density at radius 1 is 1.17 bits per heavy atom. The molecule has 120 valence electrons. The van der Waals surface area contributed by atoms with Gasteiger partial charge in [-0.05, 0) is 11.6 Å². The van der Waals surface area contributed by atoms with Gasteiger partial charge in [-0.15, -0.1) is 0 Å². The summed E-state index contributed by atoms with van der Waals surface area (Å²) in [6.07, 6.45) is 0.00998. The SMILES string of the molecule is COc1cc2c(c(OC)c1)[C@@H](c1cccc(F)c1F)CC(=O)N2. The summed E-state index contributed by atoms with van der Waals surface area (Å²) in [5.41, 5.74) is 1.22. The topological polar surface area (TPSA) is 47.6 Å². The molecule has 1 N–H and O–H groups in total.